The zero-order valence-electron chi connectivity index (χ0n) is 8.56. The van der Waals surface area contributed by atoms with E-state index < -0.39 is 46.9 Å². The molecule has 0 aliphatic carbocycles. The van der Waals surface area contributed by atoms with E-state index in [1.807, 2.05) is 0 Å². The minimum absolute atomic E-state index is 0.380. The fourth-order valence-electron chi connectivity index (χ4n) is 1.32. The summed E-state index contributed by atoms with van der Waals surface area (Å²) < 4.78 is 62.7. The number of hydrogen-bond donors (Lipinski definition) is 1. The van der Waals surface area contributed by atoms with Crippen LogP contribution in [0, 0.1) is 0 Å². The molecule has 0 saturated carbocycles. The molecule has 18 heavy (non-hydrogen) atoms. The molecule has 1 heterocycles. The summed E-state index contributed by atoms with van der Waals surface area (Å²) >= 11 is 4.96. The van der Waals surface area contributed by atoms with E-state index in [0.29, 0.717) is 6.07 Å². The Kier molecular flexibility index (Phi) is 4.23. The molecule has 100 valence electrons. The summed E-state index contributed by atoms with van der Waals surface area (Å²) in [4.78, 5) is 13.7. The molecule has 9 heteroatoms. The fourth-order valence-corrected chi connectivity index (χ4v) is 1.46. The number of halogens is 6. The zero-order chi connectivity index (χ0) is 14.1. The average molecular weight is 289 g/mol. The molecule has 1 aromatic rings. The smallest absolute Gasteiger partial charge is 0.326 e. The van der Waals surface area contributed by atoms with Gasteiger partial charge < -0.3 is 5.73 Å². The second kappa shape index (κ2) is 5.15. The molecule has 0 fully saturated rings. The Balaban J connectivity index is 3.59. The third-order valence-corrected chi connectivity index (χ3v) is 2.24. The number of aromatic nitrogens is 1. The van der Waals surface area contributed by atoms with E-state index in [4.69, 9.17) is 17.3 Å². The topological polar surface area (TPSA) is 56.0 Å². The van der Waals surface area contributed by atoms with E-state index in [1.54, 1.807) is 0 Å². The number of nitrogens with two attached hydrogens (primary N) is 1. The summed E-state index contributed by atoms with van der Waals surface area (Å²) in [6, 6.07) is 0.380. The van der Waals surface area contributed by atoms with Gasteiger partial charge in [0.25, 0.3) is 11.7 Å². The molecule has 0 aliphatic heterocycles. The van der Waals surface area contributed by atoms with Crippen LogP contribution in [0.3, 0.4) is 0 Å². The Labute approximate surface area is 103 Å². The number of nitrogens with zero attached hydrogens (tertiary/aromatic N) is 1. The highest BCUT2D eigenvalue weighted by Gasteiger charge is 2.36. The molecule has 0 bridgehead atoms. The maximum absolute atomic E-state index is 12.7. The quantitative estimate of drug-likeness (QED) is 0.687. The maximum atomic E-state index is 12.7. The van der Waals surface area contributed by atoms with Crippen LogP contribution in [0.1, 0.15) is 33.7 Å². The minimum atomic E-state index is -4.88. The van der Waals surface area contributed by atoms with Crippen molar-refractivity contribution >= 4 is 16.8 Å². The number of carbonyl (C=O) groups is 1. The van der Waals surface area contributed by atoms with Crippen molar-refractivity contribution in [2.45, 2.75) is 19.1 Å². The predicted octanol–water partition coefficient (Wildman–Crippen LogP) is 2.88. The molecule has 0 saturated heterocycles. The van der Waals surface area contributed by atoms with Gasteiger partial charge in [-0.3, -0.25) is 4.79 Å². The lowest BCUT2D eigenvalue weighted by Crippen LogP contribution is -2.16. The monoisotopic (exact) mass is 288 g/mol. The van der Waals surface area contributed by atoms with Gasteiger partial charge in [-0.2, -0.15) is 13.2 Å². The van der Waals surface area contributed by atoms with Crippen molar-refractivity contribution in [1.29, 1.82) is 0 Å². The zero-order valence-corrected chi connectivity index (χ0v) is 9.32. The molecule has 3 nitrogen and oxygen atoms in total. The summed E-state index contributed by atoms with van der Waals surface area (Å²) in [6.45, 7) is -0.595. The second-order valence-corrected chi connectivity index (χ2v) is 3.55. The lowest BCUT2D eigenvalue weighted by Gasteiger charge is -2.14. The number of pyridine rings is 1. The third-order valence-electron chi connectivity index (χ3n) is 2.06. The summed E-state index contributed by atoms with van der Waals surface area (Å²) in [6.07, 6.45) is -8.08. The first-order chi connectivity index (χ1) is 8.18. The molecule has 0 radical (unpaired) electrons. The van der Waals surface area contributed by atoms with Crippen molar-refractivity contribution in [3.05, 3.63) is 28.6 Å². The Morgan fingerprint density at radius 3 is 2.33 bits per heavy atom. The van der Waals surface area contributed by atoms with Crippen LogP contribution in [0.5, 0.6) is 0 Å². The highest BCUT2D eigenvalue weighted by Crippen LogP contribution is 2.33. The molecule has 0 aliphatic rings. The first kappa shape index (κ1) is 14.8. The van der Waals surface area contributed by atoms with Crippen LogP contribution in [-0.2, 0) is 12.7 Å². The van der Waals surface area contributed by atoms with E-state index in [0.717, 1.165) is 0 Å². The number of hydrogen-bond acceptors (Lipinski definition) is 3. The standard InChI is InChI=1S/C9H6ClF5N2O/c10-7(18)6-5(8(11)12)3(2-16)1-4(17-6)9(13,14)15/h1,8H,2,16H2. The van der Waals surface area contributed by atoms with E-state index in [1.165, 1.54) is 0 Å². The predicted molar refractivity (Wildman–Crippen MR) is 52.3 cm³/mol. The molecule has 0 spiro atoms. The normalized spacial score (nSPS) is 12.0. The second-order valence-electron chi connectivity index (χ2n) is 3.21. The lowest BCUT2D eigenvalue weighted by atomic mass is 10.1. The van der Waals surface area contributed by atoms with Crippen molar-refractivity contribution in [3.8, 4) is 0 Å². The van der Waals surface area contributed by atoms with Gasteiger partial charge in [-0.25, -0.2) is 13.8 Å². The molecule has 0 atom stereocenters. The molecule has 2 N–H and O–H groups in total. The number of carbonyl (C=O) groups excluding carboxylic acids is 1. The van der Waals surface area contributed by atoms with E-state index in [9.17, 15) is 26.7 Å². The Morgan fingerprint density at radius 1 is 1.44 bits per heavy atom. The molecule has 0 aromatic carbocycles. The van der Waals surface area contributed by atoms with E-state index >= 15 is 0 Å². The fraction of sp³-hybridized carbons (Fsp3) is 0.333. The summed E-state index contributed by atoms with van der Waals surface area (Å²) in [5.41, 5.74) is 0.990. The highest BCUT2D eigenvalue weighted by atomic mass is 35.5. The van der Waals surface area contributed by atoms with Gasteiger partial charge >= 0.3 is 6.18 Å². The third kappa shape index (κ3) is 2.94. The van der Waals surface area contributed by atoms with Gasteiger partial charge in [0.2, 0.25) is 0 Å². The van der Waals surface area contributed by atoms with Crippen LogP contribution >= 0.6 is 11.6 Å². The molecular weight excluding hydrogens is 283 g/mol. The van der Waals surface area contributed by atoms with Crippen LogP contribution in [-0.4, -0.2) is 10.2 Å². The van der Waals surface area contributed by atoms with Crippen LogP contribution in [0.25, 0.3) is 0 Å². The molecule has 0 unspecified atom stereocenters. The van der Waals surface area contributed by atoms with Gasteiger partial charge in [0.15, 0.2) is 0 Å². The van der Waals surface area contributed by atoms with Crippen molar-refractivity contribution in [2.24, 2.45) is 5.73 Å². The first-order valence-electron chi connectivity index (χ1n) is 4.47. The Bertz CT molecular complexity index is 475. The Hall–Kier alpha value is -1.28. The van der Waals surface area contributed by atoms with Crippen molar-refractivity contribution < 1.29 is 26.7 Å². The minimum Gasteiger partial charge on any atom is -0.326 e. The Morgan fingerprint density at radius 2 is 2.00 bits per heavy atom. The van der Waals surface area contributed by atoms with Crippen molar-refractivity contribution in [3.63, 3.8) is 0 Å². The molecule has 1 rings (SSSR count). The largest absolute Gasteiger partial charge is 0.433 e. The van der Waals surface area contributed by atoms with E-state index in [-0.39, 0.29) is 0 Å². The highest BCUT2D eigenvalue weighted by molar-refractivity contribution is 6.67. The summed E-state index contributed by atoms with van der Waals surface area (Å²) in [5, 5.41) is -1.49. The van der Waals surface area contributed by atoms with Gasteiger partial charge in [-0.05, 0) is 23.2 Å². The summed E-state index contributed by atoms with van der Waals surface area (Å²) in [7, 11) is 0. The van der Waals surface area contributed by atoms with Crippen LogP contribution in [0.2, 0.25) is 0 Å². The molecular formula is C9H6ClF5N2O. The van der Waals surface area contributed by atoms with Crippen LogP contribution in [0.4, 0.5) is 22.0 Å². The van der Waals surface area contributed by atoms with E-state index in [2.05, 4.69) is 4.98 Å². The molecule has 0 amide bonds. The van der Waals surface area contributed by atoms with Gasteiger partial charge in [-0.1, -0.05) is 0 Å². The van der Waals surface area contributed by atoms with Gasteiger partial charge in [0.1, 0.15) is 11.4 Å². The molecule has 1 aromatic heterocycles. The number of alkyl halides is 5. The lowest BCUT2D eigenvalue weighted by molar-refractivity contribution is -0.141. The maximum Gasteiger partial charge on any atom is 0.433 e. The van der Waals surface area contributed by atoms with Crippen molar-refractivity contribution in [2.75, 3.05) is 0 Å². The average Bonchev–Trinajstić information content (AvgIpc) is 2.25. The van der Waals surface area contributed by atoms with Gasteiger partial charge in [0.05, 0.1) is 5.56 Å². The van der Waals surface area contributed by atoms with Crippen LogP contribution in [0.15, 0.2) is 6.07 Å². The van der Waals surface area contributed by atoms with Crippen LogP contribution < -0.4 is 5.73 Å². The first-order valence-corrected chi connectivity index (χ1v) is 4.85. The SMILES string of the molecule is NCc1cc(C(F)(F)F)nc(C(=O)Cl)c1C(F)F. The van der Waals surface area contributed by atoms with Crippen molar-refractivity contribution in [1.82, 2.24) is 4.98 Å². The number of rotatable bonds is 3. The van der Waals surface area contributed by atoms with Gasteiger partial charge in [0, 0.05) is 6.54 Å². The summed E-state index contributed by atoms with van der Waals surface area (Å²) in [5.74, 6) is 0. The van der Waals surface area contributed by atoms with Gasteiger partial charge in [-0.15, -0.1) is 0 Å².